The lowest BCUT2D eigenvalue weighted by molar-refractivity contribution is -0.272. The van der Waals surface area contributed by atoms with Crippen molar-refractivity contribution in [1.29, 1.82) is 0 Å². The quantitative estimate of drug-likeness (QED) is 0.0252. The number of Topliss-reactive ketones (excluding diaryl/α,β-unsaturated/α-hetero) is 1. The molecule has 648 valence electrons. The second-order valence-electron chi connectivity index (χ2n) is 26.3. The summed E-state index contributed by atoms with van der Waals surface area (Å²) in [5, 5.41) is 121. The van der Waals surface area contributed by atoms with E-state index in [0.29, 0.717) is 25.7 Å². The van der Waals surface area contributed by atoms with Gasteiger partial charge < -0.3 is 165 Å². The zero-order valence-electron chi connectivity index (χ0n) is 64.2. The van der Waals surface area contributed by atoms with E-state index in [1.807, 2.05) is 0 Å². The number of aliphatic hydroxyl groups excluding tert-OH is 9. The number of carboxylic acid groups (broad SMARTS) is 1. The molecule has 3 fully saturated rings. The molecule has 8 amide bonds. The molecule has 0 aromatic rings. The largest absolute Gasteiger partial charge is 0.480 e. The Morgan fingerprint density at radius 3 is 0.973 bits per heavy atom. The normalized spacial score (nSPS) is 24.5. The van der Waals surface area contributed by atoms with Gasteiger partial charge in [0.05, 0.1) is 145 Å². The van der Waals surface area contributed by atoms with Crippen LogP contribution in [0.4, 0.5) is 0 Å². The van der Waals surface area contributed by atoms with Crippen LogP contribution in [0, 0.1) is 5.92 Å². The molecule has 18 atom stereocenters. The third-order valence-electron chi connectivity index (χ3n) is 17.2. The van der Waals surface area contributed by atoms with Crippen LogP contribution in [0.3, 0.4) is 0 Å². The number of aliphatic hydroxyl groups is 9. The summed E-state index contributed by atoms with van der Waals surface area (Å²) in [6.07, 6.45) is -14.3. The number of aliphatic carboxylic acids is 1. The molecule has 0 saturated carbocycles. The van der Waals surface area contributed by atoms with Crippen LogP contribution in [0.5, 0.6) is 0 Å². The van der Waals surface area contributed by atoms with Gasteiger partial charge in [0.2, 0.25) is 47.3 Å². The summed E-state index contributed by atoms with van der Waals surface area (Å²) in [4.78, 5) is 126. The molecule has 0 spiro atoms. The van der Waals surface area contributed by atoms with Gasteiger partial charge in [-0.1, -0.05) is 6.42 Å². The van der Waals surface area contributed by atoms with Crippen molar-refractivity contribution in [3.8, 4) is 0 Å². The molecular weight excluding hydrogens is 1500 g/mol. The molecular formula is C69H122N8O35. The molecule has 112 heavy (non-hydrogen) atoms. The lowest BCUT2D eigenvalue weighted by Crippen LogP contribution is -2.64. The lowest BCUT2D eigenvalue weighted by atomic mass is 9.90. The van der Waals surface area contributed by atoms with Crippen molar-refractivity contribution < 1.29 is 170 Å². The first-order valence-electron chi connectivity index (χ1n) is 37.6. The van der Waals surface area contributed by atoms with Gasteiger partial charge in [0.25, 0.3) is 0 Å². The molecule has 43 heteroatoms. The summed E-state index contributed by atoms with van der Waals surface area (Å²) in [6, 6.07) is -5.89. The minimum atomic E-state index is -1.49. The summed E-state index contributed by atoms with van der Waals surface area (Å²) in [6.45, 7) is 3.57. The fraction of sp³-hybridized carbons (Fsp3) is 0.855. The number of carbonyl (C=O) groups excluding carboxylic acids is 9. The first kappa shape index (κ1) is 100. The number of ether oxygens (including phenoxy) is 15. The van der Waals surface area contributed by atoms with Crippen LogP contribution >= 0.6 is 0 Å². The van der Waals surface area contributed by atoms with Gasteiger partial charge in [-0.05, 0) is 51.4 Å². The Labute approximate surface area is 649 Å². The topological polar surface area (TPSA) is 608 Å². The predicted molar refractivity (Wildman–Crippen MR) is 382 cm³/mol. The maximum Gasteiger partial charge on any atom is 0.326 e. The van der Waals surface area contributed by atoms with Crippen molar-refractivity contribution >= 4 is 59.0 Å². The third-order valence-corrected chi connectivity index (χ3v) is 17.2. The molecule has 3 rings (SSSR count). The Kier molecular flexibility index (Phi) is 53.3. The van der Waals surface area contributed by atoms with Crippen molar-refractivity contribution in [2.75, 3.05) is 178 Å². The van der Waals surface area contributed by atoms with Crippen LogP contribution in [0.2, 0.25) is 0 Å². The van der Waals surface area contributed by atoms with E-state index in [0.717, 1.165) is 0 Å². The Morgan fingerprint density at radius 2 is 0.652 bits per heavy atom. The van der Waals surface area contributed by atoms with E-state index in [9.17, 15) is 99.0 Å². The van der Waals surface area contributed by atoms with Gasteiger partial charge in [0, 0.05) is 59.7 Å². The van der Waals surface area contributed by atoms with E-state index in [2.05, 4.69) is 42.5 Å². The fourth-order valence-electron chi connectivity index (χ4n) is 11.4. The summed E-state index contributed by atoms with van der Waals surface area (Å²) in [5.41, 5.74) is 0. The number of hydrogen-bond acceptors (Lipinski definition) is 34. The van der Waals surface area contributed by atoms with E-state index in [-0.39, 0.29) is 190 Å². The molecule has 0 aromatic carbocycles. The molecule has 0 aliphatic carbocycles. The summed E-state index contributed by atoms with van der Waals surface area (Å²) < 4.78 is 82.8. The number of rotatable bonds is 64. The van der Waals surface area contributed by atoms with Crippen molar-refractivity contribution in [2.24, 2.45) is 5.92 Å². The highest BCUT2D eigenvalue weighted by molar-refractivity contribution is 5.93. The summed E-state index contributed by atoms with van der Waals surface area (Å²) >= 11 is 0. The Morgan fingerprint density at radius 1 is 0.348 bits per heavy atom. The Hall–Kier alpha value is -6.06. The number of carboxylic acids is 1. The van der Waals surface area contributed by atoms with E-state index in [4.69, 9.17) is 71.1 Å². The SMILES string of the molecule is CC(=O)NCCCC[C@H](NC(=O)[C@H](CCCCNC(=O)COCCOCCOCCO[C@@H]1O[C@H](CO)[C@H](O)[C@H](O)[C@H]1NC(C)=O)CC(=O)[C@H](CCCCNC(=O)COCCOCCOCCO[C@@H]1O[C@H](CO)[C@H](O)[C@H](O)[C@H]1NC(C)=O)NC(=O)COCCOCCOCCO[C@@H]1O[C@H](CO)[C@H](O)[C@H](O)[C@H]1NC(C)=O)C(=O)O. The first-order chi connectivity index (χ1) is 53.7. The van der Waals surface area contributed by atoms with Gasteiger partial charge in [-0.3, -0.25) is 43.2 Å². The maximum absolute atomic E-state index is 14.4. The highest BCUT2D eigenvalue weighted by Crippen LogP contribution is 2.26. The zero-order valence-corrected chi connectivity index (χ0v) is 64.2. The lowest BCUT2D eigenvalue weighted by Gasteiger charge is -2.42. The zero-order chi connectivity index (χ0) is 82.6. The van der Waals surface area contributed by atoms with Crippen LogP contribution in [-0.4, -0.2) is 392 Å². The minimum Gasteiger partial charge on any atom is -0.480 e. The van der Waals surface area contributed by atoms with Crippen LogP contribution in [0.25, 0.3) is 0 Å². The molecule has 3 aliphatic heterocycles. The van der Waals surface area contributed by atoms with Crippen molar-refractivity contribution in [3.05, 3.63) is 0 Å². The van der Waals surface area contributed by atoms with Crippen LogP contribution < -0.4 is 42.5 Å². The minimum absolute atomic E-state index is 0.00424. The Bertz CT molecular complexity index is 2690. The molecule has 3 aliphatic rings. The number of unbranched alkanes of at least 4 members (excludes halogenated alkanes) is 3. The van der Waals surface area contributed by atoms with Gasteiger partial charge in [-0.2, -0.15) is 0 Å². The standard InChI is InChI=1S/C69H122N8O35/c1-42(81)70-14-9-7-13-48(66(96)97)77-65(95)46(11-5-8-15-71-53(86)39-104-26-23-98-17-20-101-29-32-107-67-56(73-43(2)82)62(92)59(89)50(36-78)110-67)35-49(85)47(76-55(88)41-106-28-25-100-19-22-103-31-34-109-69-58(75-45(4)84)64(94)61(91)52(38-80)112-69)12-6-10-16-72-54(87)40-105-27-24-99-18-21-102-30-33-108-68-57(74-44(3)83)63(93)60(90)51(37-79)111-68/h46-48,50-52,56-64,67-69,78-80,89-94H,5-41H2,1-4H3,(H,70,81)(H,71,86)(H,72,87)(H,73,82)(H,74,83)(H,75,84)(H,76,88)(H,77,95)(H,96,97)/t46-,47+,48+,50-,51-,52-,56-,57-,58-,59+,60+,61+,62-,63-,64-,67-,68-,69-/m1/s1. The van der Waals surface area contributed by atoms with Gasteiger partial charge in [-0.25, -0.2) is 4.79 Å². The van der Waals surface area contributed by atoms with E-state index in [1.165, 1.54) is 27.7 Å². The van der Waals surface area contributed by atoms with Gasteiger partial charge in [0.1, 0.15) is 98.9 Å². The van der Waals surface area contributed by atoms with E-state index < -0.39 is 196 Å². The third kappa shape index (κ3) is 42.0. The second-order valence-corrected chi connectivity index (χ2v) is 26.3. The number of hydrogen-bond donors (Lipinski definition) is 18. The van der Waals surface area contributed by atoms with Gasteiger partial charge in [-0.15, -0.1) is 0 Å². The van der Waals surface area contributed by atoms with Gasteiger partial charge in [0.15, 0.2) is 24.7 Å². The van der Waals surface area contributed by atoms with Crippen molar-refractivity contribution in [3.63, 3.8) is 0 Å². The maximum atomic E-state index is 14.4. The molecule has 0 bridgehead atoms. The highest BCUT2D eigenvalue weighted by atomic mass is 16.7. The fourth-order valence-corrected chi connectivity index (χ4v) is 11.4. The van der Waals surface area contributed by atoms with Crippen molar-refractivity contribution in [2.45, 2.75) is 196 Å². The number of carbonyl (C=O) groups is 10. The summed E-state index contributed by atoms with van der Waals surface area (Å²) in [7, 11) is 0. The van der Waals surface area contributed by atoms with Crippen molar-refractivity contribution in [1.82, 2.24) is 42.5 Å². The molecule has 0 radical (unpaired) electrons. The van der Waals surface area contributed by atoms with Crippen LogP contribution in [0.1, 0.15) is 91.9 Å². The van der Waals surface area contributed by atoms with Crippen LogP contribution in [0.15, 0.2) is 0 Å². The summed E-state index contributed by atoms with van der Waals surface area (Å²) in [5.74, 6) is -7.17. The molecule has 0 aromatic heterocycles. The molecule has 3 heterocycles. The second kappa shape index (κ2) is 59.6. The number of amides is 8. The number of nitrogens with one attached hydrogen (secondary N) is 8. The molecule has 43 nitrogen and oxygen atoms in total. The average molecular weight is 1620 g/mol. The number of ketones is 1. The smallest absolute Gasteiger partial charge is 0.326 e. The highest BCUT2D eigenvalue weighted by Gasteiger charge is 2.48. The molecule has 3 saturated heterocycles. The van der Waals surface area contributed by atoms with E-state index in [1.54, 1.807) is 0 Å². The predicted octanol–water partition coefficient (Wildman–Crippen LogP) is -8.47. The average Bonchev–Trinajstić information content (AvgIpc) is 0.820. The van der Waals surface area contributed by atoms with E-state index >= 15 is 0 Å². The monoisotopic (exact) mass is 1620 g/mol. The molecule has 0 unspecified atom stereocenters. The Balaban J connectivity index is 1.52. The molecule has 18 N–H and O–H groups in total. The van der Waals surface area contributed by atoms with Crippen LogP contribution in [-0.2, 0) is 119 Å². The first-order valence-corrected chi connectivity index (χ1v) is 37.6. The van der Waals surface area contributed by atoms with Gasteiger partial charge >= 0.3 is 5.97 Å².